The summed E-state index contributed by atoms with van der Waals surface area (Å²) in [5.74, 6) is -0.723. The quantitative estimate of drug-likeness (QED) is 0.818. The number of aromatic nitrogens is 2. The molecule has 0 unspecified atom stereocenters. The van der Waals surface area contributed by atoms with Crippen LogP contribution < -0.4 is 10.9 Å². The first-order chi connectivity index (χ1) is 12.1. The fourth-order valence-electron chi connectivity index (χ4n) is 2.85. The van der Waals surface area contributed by atoms with Gasteiger partial charge in [0.1, 0.15) is 0 Å². The first kappa shape index (κ1) is 16.9. The molecule has 3 rings (SSSR count). The molecule has 130 valence electrons. The number of hydrogen-bond acceptors (Lipinski definition) is 5. The van der Waals surface area contributed by atoms with Crippen molar-refractivity contribution in [1.29, 1.82) is 0 Å². The molecule has 0 saturated heterocycles. The lowest BCUT2D eigenvalue weighted by Crippen LogP contribution is -2.32. The maximum absolute atomic E-state index is 12.1. The first-order valence-corrected chi connectivity index (χ1v) is 8.15. The van der Waals surface area contributed by atoms with Crippen molar-refractivity contribution in [3.63, 3.8) is 0 Å². The summed E-state index contributed by atoms with van der Waals surface area (Å²) in [4.78, 5) is 35.5. The lowest BCUT2D eigenvalue weighted by molar-refractivity contribution is 0.0600. The Hall–Kier alpha value is -2.96. The standard InChI is InChI=1S/C18H19N3O4/c1-25-18(24)13-7-5-12(6-8-13)17(23)19-9-10-21-16(22)11-14-3-2-4-15(14)20-21/h5-8,11H,2-4,9-10H2,1H3,(H,19,23). The number of carbonyl (C=O) groups is 2. The topological polar surface area (TPSA) is 90.3 Å². The molecule has 2 aromatic rings. The molecule has 1 N–H and O–H groups in total. The number of nitrogens with zero attached hydrogens (tertiary/aromatic N) is 2. The number of hydrogen-bond donors (Lipinski definition) is 1. The van der Waals surface area contributed by atoms with E-state index in [0.717, 1.165) is 30.5 Å². The van der Waals surface area contributed by atoms with Gasteiger partial charge in [-0.05, 0) is 49.1 Å². The van der Waals surface area contributed by atoms with Crippen LogP contribution in [0.15, 0.2) is 35.1 Å². The number of ether oxygens (including phenoxy) is 1. The number of carbonyl (C=O) groups excluding carboxylic acids is 2. The number of fused-ring (bicyclic) bond motifs is 1. The summed E-state index contributed by atoms with van der Waals surface area (Å²) >= 11 is 0. The van der Waals surface area contributed by atoms with Crippen molar-refractivity contribution in [3.8, 4) is 0 Å². The van der Waals surface area contributed by atoms with Crippen LogP contribution in [0.3, 0.4) is 0 Å². The van der Waals surface area contributed by atoms with Crippen molar-refractivity contribution in [2.75, 3.05) is 13.7 Å². The highest BCUT2D eigenvalue weighted by molar-refractivity contribution is 5.96. The van der Waals surface area contributed by atoms with Gasteiger partial charge in [0.15, 0.2) is 0 Å². The van der Waals surface area contributed by atoms with E-state index < -0.39 is 5.97 Å². The summed E-state index contributed by atoms with van der Waals surface area (Å²) < 4.78 is 6.01. The van der Waals surface area contributed by atoms with Crippen LogP contribution >= 0.6 is 0 Å². The van der Waals surface area contributed by atoms with Gasteiger partial charge in [-0.25, -0.2) is 9.48 Å². The number of amides is 1. The van der Waals surface area contributed by atoms with Gasteiger partial charge in [0.2, 0.25) is 0 Å². The van der Waals surface area contributed by atoms with Gasteiger partial charge >= 0.3 is 5.97 Å². The van der Waals surface area contributed by atoms with Crippen LogP contribution in [0.2, 0.25) is 0 Å². The Labute approximate surface area is 144 Å². The Balaban J connectivity index is 1.58. The molecule has 1 amide bonds. The van der Waals surface area contributed by atoms with Gasteiger partial charge in [0, 0.05) is 18.2 Å². The van der Waals surface area contributed by atoms with Gasteiger partial charge in [-0.2, -0.15) is 5.10 Å². The molecule has 0 spiro atoms. The molecule has 25 heavy (non-hydrogen) atoms. The Morgan fingerprint density at radius 3 is 2.64 bits per heavy atom. The van der Waals surface area contributed by atoms with Gasteiger partial charge in [-0.3, -0.25) is 9.59 Å². The molecule has 1 heterocycles. The number of aryl methyl sites for hydroxylation is 2. The number of methoxy groups -OCH3 is 1. The molecule has 7 heteroatoms. The zero-order chi connectivity index (χ0) is 17.8. The third-order valence-electron chi connectivity index (χ3n) is 4.20. The van der Waals surface area contributed by atoms with Crippen LogP contribution in [0.5, 0.6) is 0 Å². The second kappa shape index (κ2) is 7.29. The normalized spacial score (nSPS) is 12.5. The molecule has 0 saturated carbocycles. The van der Waals surface area contributed by atoms with E-state index in [1.54, 1.807) is 18.2 Å². The van der Waals surface area contributed by atoms with Crippen molar-refractivity contribution in [3.05, 3.63) is 63.1 Å². The number of benzene rings is 1. The van der Waals surface area contributed by atoms with Gasteiger partial charge in [0.05, 0.1) is 24.9 Å². The van der Waals surface area contributed by atoms with Crippen molar-refractivity contribution in [1.82, 2.24) is 15.1 Å². The fourth-order valence-corrected chi connectivity index (χ4v) is 2.85. The molecule has 7 nitrogen and oxygen atoms in total. The molecule has 0 atom stereocenters. The molecule has 0 radical (unpaired) electrons. The minimum Gasteiger partial charge on any atom is -0.465 e. The van der Waals surface area contributed by atoms with E-state index in [4.69, 9.17) is 0 Å². The van der Waals surface area contributed by atoms with E-state index in [1.807, 2.05) is 0 Å². The highest BCUT2D eigenvalue weighted by Crippen LogP contribution is 2.16. The minimum absolute atomic E-state index is 0.141. The zero-order valence-corrected chi connectivity index (χ0v) is 13.9. The fraction of sp³-hybridized carbons (Fsp3) is 0.333. The molecule has 0 bridgehead atoms. The number of esters is 1. The van der Waals surface area contributed by atoms with Crippen LogP contribution in [-0.2, 0) is 24.1 Å². The van der Waals surface area contributed by atoms with Crippen molar-refractivity contribution < 1.29 is 14.3 Å². The summed E-state index contributed by atoms with van der Waals surface area (Å²) in [6, 6.07) is 7.83. The van der Waals surface area contributed by atoms with E-state index >= 15 is 0 Å². The summed E-state index contributed by atoms with van der Waals surface area (Å²) in [7, 11) is 1.30. The third kappa shape index (κ3) is 3.76. The van der Waals surface area contributed by atoms with Crippen molar-refractivity contribution in [2.24, 2.45) is 0 Å². The lowest BCUT2D eigenvalue weighted by Gasteiger charge is -2.09. The SMILES string of the molecule is COC(=O)c1ccc(C(=O)NCCn2nc3c(cc2=O)CCC3)cc1. The number of rotatable bonds is 5. The van der Waals surface area contributed by atoms with E-state index in [2.05, 4.69) is 15.2 Å². The Bertz CT molecular complexity index is 856. The Morgan fingerprint density at radius 2 is 1.92 bits per heavy atom. The molecule has 1 aliphatic carbocycles. The molecular weight excluding hydrogens is 322 g/mol. The second-order valence-corrected chi connectivity index (χ2v) is 5.86. The van der Waals surface area contributed by atoms with Gasteiger partial charge in [0.25, 0.3) is 11.5 Å². The highest BCUT2D eigenvalue weighted by Gasteiger charge is 2.15. The van der Waals surface area contributed by atoms with Gasteiger partial charge in [-0.1, -0.05) is 0 Å². The van der Waals surface area contributed by atoms with Crippen LogP contribution in [0.25, 0.3) is 0 Å². The van der Waals surface area contributed by atoms with Crippen LogP contribution in [-0.4, -0.2) is 35.3 Å². The van der Waals surface area contributed by atoms with E-state index in [-0.39, 0.29) is 11.5 Å². The summed E-state index contributed by atoms with van der Waals surface area (Å²) in [5, 5.41) is 7.11. The van der Waals surface area contributed by atoms with Gasteiger partial charge in [-0.15, -0.1) is 0 Å². The van der Waals surface area contributed by atoms with Crippen LogP contribution in [0.4, 0.5) is 0 Å². The minimum atomic E-state index is -0.450. The maximum Gasteiger partial charge on any atom is 0.337 e. The average Bonchev–Trinajstić information content (AvgIpc) is 3.08. The van der Waals surface area contributed by atoms with E-state index in [0.29, 0.717) is 24.2 Å². The molecule has 0 aliphatic heterocycles. The van der Waals surface area contributed by atoms with Crippen LogP contribution in [0.1, 0.15) is 38.4 Å². The maximum atomic E-state index is 12.1. The predicted molar refractivity (Wildman–Crippen MR) is 90.6 cm³/mol. The summed E-state index contributed by atoms with van der Waals surface area (Å²) in [6.07, 6.45) is 2.84. The van der Waals surface area contributed by atoms with Crippen LogP contribution in [0, 0.1) is 0 Å². The monoisotopic (exact) mass is 341 g/mol. The summed E-state index contributed by atoms with van der Waals surface area (Å²) in [6.45, 7) is 0.612. The smallest absolute Gasteiger partial charge is 0.337 e. The molecule has 0 fully saturated rings. The lowest BCUT2D eigenvalue weighted by atomic mass is 10.1. The molecule has 1 aromatic heterocycles. The molecule has 1 aliphatic rings. The van der Waals surface area contributed by atoms with E-state index in [1.165, 1.54) is 23.9 Å². The Kier molecular flexibility index (Phi) is 4.92. The second-order valence-electron chi connectivity index (χ2n) is 5.86. The number of nitrogens with one attached hydrogen (secondary N) is 1. The van der Waals surface area contributed by atoms with Crippen molar-refractivity contribution in [2.45, 2.75) is 25.8 Å². The zero-order valence-electron chi connectivity index (χ0n) is 13.9. The van der Waals surface area contributed by atoms with Crippen molar-refractivity contribution >= 4 is 11.9 Å². The Morgan fingerprint density at radius 1 is 1.20 bits per heavy atom. The predicted octanol–water partition coefficient (Wildman–Crippen LogP) is 0.949. The van der Waals surface area contributed by atoms with Gasteiger partial charge < -0.3 is 10.1 Å². The molecule has 1 aromatic carbocycles. The molecular formula is C18H19N3O4. The summed E-state index contributed by atoms with van der Waals surface area (Å²) in [5.41, 5.74) is 2.69. The average molecular weight is 341 g/mol. The first-order valence-electron chi connectivity index (χ1n) is 8.15. The van der Waals surface area contributed by atoms with E-state index in [9.17, 15) is 14.4 Å². The highest BCUT2D eigenvalue weighted by atomic mass is 16.5. The third-order valence-corrected chi connectivity index (χ3v) is 4.20. The largest absolute Gasteiger partial charge is 0.465 e.